The second kappa shape index (κ2) is 42.5. The third-order valence-corrected chi connectivity index (χ3v) is 11.8. The Kier molecular flexibility index (Phi) is 37.9. The van der Waals surface area contributed by atoms with Gasteiger partial charge in [-0.05, 0) is 83.5 Å². The van der Waals surface area contributed by atoms with E-state index < -0.39 is 99.3 Å². The smallest absolute Gasteiger partial charge is 0.306 e. The van der Waals surface area contributed by atoms with E-state index in [1.165, 1.54) is 0 Å². The van der Waals surface area contributed by atoms with Crippen molar-refractivity contribution in [2.24, 2.45) is 0 Å². The van der Waals surface area contributed by atoms with E-state index in [0.717, 1.165) is 103 Å². The van der Waals surface area contributed by atoms with Crippen molar-refractivity contribution in [2.75, 3.05) is 26.4 Å². The topological polar surface area (TPSA) is 231 Å². The van der Waals surface area contributed by atoms with E-state index >= 15 is 0 Å². The maximum absolute atomic E-state index is 13.0. The predicted molar refractivity (Wildman–Crippen MR) is 279 cm³/mol. The number of carbonyl (C=O) groups is 2. The van der Waals surface area contributed by atoms with Gasteiger partial charge in [0.05, 0.1) is 19.8 Å². The molecule has 2 aliphatic rings. The van der Waals surface area contributed by atoms with E-state index in [1.54, 1.807) is 0 Å². The molecule has 5 unspecified atom stereocenters. The average molecular weight is 1020 g/mol. The van der Waals surface area contributed by atoms with Crippen molar-refractivity contribution in [3.63, 3.8) is 0 Å². The second-order valence-electron chi connectivity index (χ2n) is 18.0. The van der Waals surface area contributed by atoms with Crippen molar-refractivity contribution in [3.05, 3.63) is 109 Å². The first-order valence-corrected chi connectivity index (χ1v) is 26.5. The molecule has 0 bridgehead atoms. The van der Waals surface area contributed by atoms with Crippen LogP contribution < -0.4 is 0 Å². The first-order valence-electron chi connectivity index (χ1n) is 26.5. The van der Waals surface area contributed by atoms with Crippen LogP contribution in [0.3, 0.4) is 0 Å². The molecule has 15 nitrogen and oxygen atoms in total. The van der Waals surface area contributed by atoms with Crippen LogP contribution >= 0.6 is 0 Å². The fourth-order valence-electron chi connectivity index (χ4n) is 7.51. The van der Waals surface area contributed by atoms with Gasteiger partial charge in [-0.3, -0.25) is 9.59 Å². The van der Waals surface area contributed by atoms with Gasteiger partial charge in [0.25, 0.3) is 0 Å². The zero-order valence-corrected chi connectivity index (χ0v) is 43.1. The highest BCUT2D eigenvalue weighted by atomic mass is 16.7. The summed E-state index contributed by atoms with van der Waals surface area (Å²) in [5.41, 5.74) is 0. The Labute approximate surface area is 430 Å². The molecular weight excluding hydrogens is 925 g/mol. The summed E-state index contributed by atoms with van der Waals surface area (Å²) >= 11 is 0. The summed E-state index contributed by atoms with van der Waals surface area (Å²) in [6.45, 7) is 2.26. The van der Waals surface area contributed by atoms with E-state index in [0.29, 0.717) is 12.8 Å². The molecule has 0 aromatic carbocycles. The first kappa shape index (κ1) is 64.3. The highest BCUT2D eigenvalue weighted by molar-refractivity contribution is 5.70. The molecule has 2 saturated heterocycles. The standard InChI is InChI=1S/C57H90O15/c1-3-5-7-9-11-13-15-17-18-19-20-21-22-23-24-25-26-28-29-31-33-35-37-39-48(59)67-42-45(70-49(60)40-38-36-34-32-30-27-16-14-12-10-8-6-4-2)43-68-56-55(66)53(64)51(62)47(72-56)44-69-57-54(65)52(63)50(61)46(41-58)71-57/h5-8,10-14,16-18,20-21,23-24,26,28,45-47,50-58,61-66H,3-4,9,15,19,22,25,27,29-44H2,1-2H3/b7-5+,8-6+,12-10+,13-11+,16-14+,18-17+,21-20+,24-23+,28-26+/t45?,46-,47-,50+,51+,52?,53?,54?,55?,56-,57-/m1/s1. The highest BCUT2D eigenvalue weighted by Gasteiger charge is 2.47. The Morgan fingerprint density at radius 2 is 0.903 bits per heavy atom. The van der Waals surface area contributed by atoms with Gasteiger partial charge in [0.15, 0.2) is 18.7 Å². The first-order chi connectivity index (χ1) is 35.0. The lowest BCUT2D eigenvalue weighted by molar-refractivity contribution is -0.332. The molecule has 72 heavy (non-hydrogen) atoms. The zero-order valence-electron chi connectivity index (χ0n) is 43.1. The molecule has 2 heterocycles. The van der Waals surface area contributed by atoms with Crippen LogP contribution in [0.15, 0.2) is 109 Å². The second-order valence-corrected chi connectivity index (χ2v) is 18.0. The third kappa shape index (κ3) is 29.8. The maximum Gasteiger partial charge on any atom is 0.306 e. The number of carbonyl (C=O) groups excluding carboxylic acids is 2. The summed E-state index contributed by atoms with van der Waals surface area (Å²) in [4.78, 5) is 25.8. The van der Waals surface area contributed by atoms with Crippen molar-refractivity contribution in [2.45, 2.75) is 210 Å². The molecule has 15 heteroatoms. The van der Waals surface area contributed by atoms with Gasteiger partial charge in [0.1, 0.15) is 55.4 Å². The fourth-order valence-corrected chi connectivity index (χ4v) is 7.51. The molecule has 2 fully saturated rings. The van der Waals surface area contributed by atoms with Crippen molar-refractivity contribution in [1.82, 2.24) is 0 Å². The molecular formula is C57H90O15. The van der Waals surface area contributed by atoms with Gasteiger partial charge in [-0.1, -0.05) is 155 Å². The number of hydrogen-bond donors (Lipinski definition) is 7. The number of allylic oxidation sites excluding steroid dienone is 18. The third-order valence-electron chi connectivity index (χ3n) is 11.8. The average Bonchev–Trinajstić information content (AvgIpc) is 3.37. The van der Waals surface area contributed by atoms with Crippen LogP contribution in [0.5, 0.6) is 0 Å². The van der Waals surface area contributed by atoms with Crippen LogP contribution in [-0.2, 0) is 38.0 Å². The summed E-state index contributed by atoms with van der Waals surface area (Å²) in [5, 5.41) is 72.1. The van der Waals surface area contributed by atoms with Crippen molar-refractivity contribution >= 4 is 11.9 Å². The SMILES string of the molecule is CC/C=C/C=C/C=C/CCCCCCCC(=O)OC(COC(=O)CCCCCC/C=C/C/C=C/C/C=C/C/C=C/C/C=C/C/C=C/CC)CO[C@@H]1O[C@H](CO[C@@H]2O[C@H](CO)[C@H](O)C(O)C2O)[C@H](O)C(O)C1O. The number of hydrogen-bond acceptors (Lipinski definition) is 15. The molecule has 0 amide bonds. The lowest BCUT2D eigenvalue weighted by Gasteiger charge is -2.42. The van der Waals surface area contributed by atoms with Crippen molar-refractivity contribution in [1.29, 1.82) is 0 Å². The van der Waals surface area contributed by atoms with Crippen molar-refractivity contribution in [3.8, 4) is 0 Å². The fraction of sp³-hybridized carbons (Fsp3) is 0.649. The molecule has 11 atom stereocenters. The Balaban J connectivity index is 1.79. The van der Waals surface area contributed by atoms with Gasteiger partial charge < -0.3 is 64.2 Å². The Morgan fingerprint density at radius 3 is 1.46 bits per heavy atom. The molecule has 2 aliphatic heterocycles. The van der Waals surface area contributed by atoms with E-state index in [9.17, 15) is 45.3 Å². The predicted octanol–water partition coefficient (Wildman–Crippen LogP) is 7.93. The summed E-state index contributed by atoms with van der Waals surface area (Å²) in [7, 11) is 0. The van der Waals surface area contributed by atoms with Gasteiger partial charge in [-0.25, -0.2) is 0 Å². The molecule has 0 radical (unpaired) electrons. The van der Waals surface area contributed by atoms with E-state index in [4.69, 9.17) is 28.4 Å². The molecule has 408 valence electrons. The van der Waals surface area contributed by atoms with Gasteiger partial charge in [-0.15, -0.1) is 0 Å². The largest absolute Gasteiger partial charge is 0.462 e. The van der Waals surface area contributed by atoms with E-state index in [1.807, 2.05) is 24.3 Å². The van der Waals surface area contributed by atoms with E-state index in [2.05, 4.69) is 98.9 Å². The molecule has 0 aromatic heterocycles. The van der Waals surface area contributed by atoms with Crippen LogP contribution in [0.25, 0.3) is 0 Å². The monoisotopic (exact) mass is 1010 g/mol. The number of aliphatic hydroxyl groups excluding tert-OH is 7. The van der Waals surface area contributed by atoms with Crippen LogP contribution in [-0.4, -0.2) is 142 Å². The number of rotatable bonds is 39. The zero-order chi connectivity index (χ0) is 52.4. The minimum atomic E-state index is -1.78. The molecule has 0 saturated carbocycles. The number of unbranched alkanes of at least 4 members (excludes halogenated alkanes) is 9. The lowest BCUT2D eigenvalue weighted by Crippen LogP contribution is -2.61. The Hall–Kier alpha value is -3.84. The lowest BCUT2D eigenvalue weighted by atomic mass is 9.98. The summed E-state index contributed by atoms with van der Waals surface area (Å²) in [6, 6.07) is 0. The molecule has 2 rings (SSSR count). The molecule has 0 aliphatic carbocycles. The summed E-state index contributed by atoms with van der Waals surface area (Å²) in [5.74, 6) is -0.991. The van der Waals surface area contributed by atoms with E-state index in [-0.39, 0.29) is 19.4 Å². The minimum Gasteiger partial charge on any atom is -0.462 e. The van der Waals surface area contributed by atoms with Crippen LogP contribution in [0.1, 0.15) is 142 Å². The quantitative estimate of drug-likeness (QED) is 0.0134. The van der Waals surface area contributed by atoms with Gasteiger partial charge >= 0.3 is 11.9 Å². The van der Waals surface area contributed by atoms with Gasteiger partial charge in [0.2, 0.25) is 0 Å². The molecule has 0 spiro atoms. The van der Waals surface area contributed by atoms with Gasteiger partial charge in [0, 0.05) is 12.8 Å². The molecule has 0 aromatic rings. The van der Waals surface area contributed by atoms with Crippen LogP contribution in [0.4, 0.5) is 0 Å². The number of aliphatic hydroxyl groups is 7. The summed E-state index contributed by atoms with van der Waals surface area (Å²) < 4.78 is 33.5. The normalized spacial score (nSPS) is 25.9. The van der Waals surface area contributed by atoms with Crippen LogP contribution in [0.2, 0.25) is 0 Å². The van der Waals surface area contributed by atoms with Crippen molar-refractivity contribution < 1.29 is 73.8 Å². The van der Waals surface area contributed by atoms with Crippen LogP contribution in [0, 0.1) is 0 Å². The number of esters is 2. The Bertz CT molecular complexity index is 1660. The van der Waals surface area contributed by atoms with Gasteiger partial charge in [-0.2, -0.15) is 0 Å². The Morgan fingerprint density at radius 1 is 0.458 bits per heavy atom. The molecule has 7 N–H and O–H groups in total. The summed E-state index contributed by atoms with van der Waals surface area (Å²) in [6.07, 6.45) is 38.3. The highest BCUT2D eigenvalue weighted by Crippen LogP contribution is 2.26. The number of ether oxygens (including phenoxy) is 6. The minimum absolute atomic E-state index is 0.129. The maximum atomic E-state index is 13.0.